The van der Waals surface area contributed by atoms with Crippen molar-refractivity contribution < 1.29 is 14.4 Å². The summed E-state index contributed by atoms with van der Waals surface area (Å²) < 4.78 is 0. The highest BCUT2D eigenvalue weighted by molar-refractivity contribution is 6.02. The van der Waals surface area contributed by atoms with Crippen LogP contribution in [0.4, 0.5) is 4.79 Å². The van der Waals surface area contributed by atoms with E-state index in [1.54, 1.807) is 18.2 Å². The van der Waals surface area contributed by atoms with Crippen LogP contribution < -0.4 is 10.6 Å². The predicted molar refractivity (Wildman–Crippen MR) is 97.6 cm³/mol. The van der Waals surface area contributed by atoms with E-state index in [-0.39, 0.29) is 24.9 Å². The van der Waals surface area contributed by atoms with E-state index in [0.717, 1.165) is 37.4 Å². The summed E-state index contributed by atoms with van der Waals surface area (Å²) >= 11 is 0. The molecule has 2 fully saturated rings. The van der Waals surface area contributed by atoms with Crippen molar-refractivity contribution in [2.75, 3.05) is 32.7 Å². The third-order valence-corrected chi connectivity index (χ3v) is 4.99. The van der Waals surface area contributed by atoms with Crippen LogP contribution in [-0.4, -0.2) is 60.4 Å². The van der Waals surface area contributed by atoms with Crippen LogP contribution in [0.1, 0.15) is 35.7 Å². The van der Waals surface area contributed by atoms with Gasteiger partial charge in [-0.1, -0.05) is 25.1 Å². The number of nitrogens with one attached hydrogen (secondary N) is 2. The van der Waals surface area contributed by atoms with Crippen LogP contribution in [0.5, 0.6) is 0 Å². The van der Waals surface area contributed by atoms with Crippen molar-refractivity contribution in [2.24, 2.45) is 5.92 Å². The Balaban J connectivity index is 1.59. The zero-order valence-electron chi connectivity index (χ0n) is 15.2. The van der Waals surface area contributed by atoms with E-state index in [9.17, 15) is 14.4 Å². The van der Waals surface area contributed by atoms with Gasteiger partial charge in [-0.05, 0) is 43.5 Å². The predicted octanol–water partition coefficient (Wildman–Crippen LogP) is 1.20. The molecule has 2 aliphatic rings. The van der Waals surface area contributed by atoms with Gasteiger partial charge >= 0.3 is 6.03 Å². The molecule has 4 amide bonds. The number of amides is 4. The second-order valence-electron chi connectivity index (χ2n) is 6.96. The van der Waals surface area contributed by atoms with E-state index in [2.05, 4.69) is 22.5 Å². The largest absolute Gasteiger partial charge is 0.352 e. The number of carbonyl (C=O) groups is 3. The lowest BCUT2D eigenvalue weighted by Crippen LogP contribution is -2.34. The summed E-state index contributed by atoms with van der Waals surface area (Å²) in [6.07, 6.45) is 2.25. The van der Waals surface area contributed by atoms with Crippen molar-refractivity contribution in [2.45, 2.75) is 26.3 Å². The van der Waals surface area contributed by atoms with Gasteiger partial charge in [-0.2, -0.15) is 0 Å². The first-order valence-electron chi connectivity index (χ1n) is 9.25. The third kappa shape index (κ3) is 4.22. The van der Waals surface area contributed by atoms with Gasteiger partial charge in [0.1, 0.15) is 0 Å². The fourth-order valence-electron chi connectivity index (χ4n) is 3.60. The Morgan fingerprint density at radius 2 is 2.12 bits per heavy atom. The number of imide groups is 1. The molecule has 1 aromatic rings. The lowest BCUT2D eigenvalue weighted by Gasteiger charge is -2.17. The molecular weight excluding hydrogens is 332 g/mol. The molecule has 140 valence electrons. The molecule has 0 spiro atoms. The minimum Gasteiger partial charge on any atom is -0.352 e. The number of hydrogen-bond donors (Lipinski definition) is 2. The topological polar surface area (TPSA) is 81.8 Å². The Morgan fingerprint density at radius 1 is 1.31 bits per heavy atom. The molecule has 1 aromatic carbocycles. The number of benzene rings is 1. The summed E-state index contributed by atoms with van der Waals surface area (Å²) in [7, 11) is 0. The summed E-state index contributed by atoms with van der Waals surface area (Å²) in [4.78, 5) is 39.7. The Labute approximate surface area is 153 Å². The van der Waals surface area contributed by atoms with Crippen LogP contribution in [0, 0.1) is 5.92 Å². The van der Waals surface area contributed by atoms with Gasteiger partial charge in [-0.3, -0.25) is 14.5 Å². The second kappa shape index (κ2) is 8.31. The van der Waals surface area contributed by atoms with Crippen LogP contribution in [0.25, 0.3) is 0 Å². The molecule has 0 bridgehead atoms. The molecule has 0 aromatic heterocycles. The number of nitrogens with zero attached hydrogens (tertiary/aromatic N) is 2. The lowest BCUT2D eigenvalue weighted by atomic mass is 10.1. The first kappa shape index (κ1) is 18.4. The Bertz CT molecular complexity index is 675. The molecule has 0 saturated carbocycles. The van der Waals surface area contributed by atoms with Gasteiger partial charge in [-0.25, -0.2) is 4.79 Å². The van der Waals surface area contributed by atoms with Crippen molar-refractivity contribution in [3.8, 4) is 0 Å². The van der Waals surface area contributed by atoms with Crippen LogP contribution in [0.15, 0.2) is 24.3 Å². The summed E-state index contributed by atoms with van der Waals surface area (Å²) in [5.41, 5.74) is 1.19. The number of hydrogen-bond acceptors (Lipinski definition) is 4. The van der Waals surface area contributed by atoms with Crippen molar-refractivity contribution >= 4 is 17.8 Å². The lowest BCUT2D eigenvalue weighted by molar-refractivity contribution is -0.125. The average Bonchev–Trinajstić information content (AvgIpc) is 3.22. The Hall–Kier alpha value is -2.41. The van der Waals surface area contributed by atoms with Crippen molar-refractivity contribution in [3.05, 3.63) is 35.4 Å². The van der Waals surface area contributed by atoms with Gasteiger partial charge in [0.15, 0.2) is 0 Å². The molecule has 2 aliphatic heterocycles. The summed E-state index contributed by atoms with van der Waals surface area (Å²) in [5, 5.41) is 5.52. The average molecular weight is 358 g/mol. The van der Waals surface area contributed by atoms with E-state index >= 15 is 0 Å². The zero-order chi connectivity index (χ0) is 18.5. The standard InChI is InChI=1S/C19H26N4O3/c1-2-8-22-9-7-14(12-22)10-20-18(25)16-6-4-3-5-15(16)13-23-17(24)11-21-19(23)26/h3-6,14H,2,7-13H2,1H3,(H,20,25)(H,21,26). The van der Waals surface area contributed by atoms with E-state index in [1.165, 1.54) is 0 Å². The molecule has 3 rings (SSSR count). The van der Waals surface area contributed by atoms with E-state index < -0.39 is 6.03 Å². The van der Waals surface area contributed by atoms with Crippen LogP contribution in [-0.2, 0) is 11.3 Å². The smallest absolute Gasteiger partial charge is 0.324 e. The molecule has 0 aliphatic carbocycles. The van der Waals surface area contributed by atoms with E-state index in [0.29, 0.717) is 23.6 Å². The Kier molecular flexibility index (Phi) is 5.88. The van der Waals surface area contributed by atoms with Crippen LogP contribution >= 0.6 is 0 Å². The van der Waals surface area contributed by atoms with Gasteiger partial charge in [0.25, 0.3) is 5.91 Å². The summed E-state index contributed by atoms with van der Waals surface area (Å²) in [5.74, 6) is 0.0531. The highest BCUT2D eigenvalue weighted by atomic mass is 16.2. The number of urea groups is 1. The molecule has 26 heavy (non-hydrogen) atoms. The molecule has 2 N–H and O–H groups in total. The maximum Gasteiger partial charge on any atom is 0.324 e. The Morgan fingerprint density at radius 3 is 2.85 bits per heavy atom. The SMILES string of the molecule is CCCN1CCC(CNC(=O)c2ccccc2CN2C(=O)CNC2=O)C1. The highest BCUT2D eigenvalue weighted by Gasteiger charge is 2.29. The number of likely N-dealkylation sites (tertiary alicyclic amines) is 1. The maximum atomic E-state index is 12.6. The molecule has 7 heteroatoms. The third-order valence-electron chi connectivity index (χ3n) is 4.99. The molecule has 2 saturated heterocycles. The number of carbonyl (C=O) groups excluding carboxylic acids is 3. The van der Waals surface area contributed by atoms with E-state index in [1.807, 2.05) is 6.07 Å². The minimum atomic E-state index is -0.410. The zero-order valence-corrected chi connectivity index (χ0v) is 15.2. The van der Waals surface area contributed by atoms with Gasteiger partial charge in [0.05, 0.1) is 13.1 Å². The van der Waals surface area contributed by atoms with Crippen molar-refractivity contribution in [3.63, 3.8) is 0 Å². The highest BCUT2D eigenvalue weighted by Crippen LogP contribution is 2.17. The number of rotatable bonds is 7. The molecular formula is C19H26N4O3. The van der Waals surface area contributed by atoms with Gasteiger partial charge in [0, 0.05) is 18.7 Å². The molecule has 0 radical (unpaired) electrons. The summed E-state index contributed by atoms with van der Waals surface area (Å²) in [6.45, 7) is 6.19. The van der Waals surface area contributed by atoms with Crippen molar-refractivity contribution in [1.82, 2.24) is 20.4 Å². The quantitative estimate of drug-likeness (QED) is 0.718. The van der Waals surface area contributed by atoms with E-state index in [4.69, 9.17) is 0 Å². The first-order valence-corrected chi connectivity index (χ1v) is 9.25. The maximum absolute atomic E-state index is 12.6. The van der Waals surface area contributed by atoms with Gasteiger partial charge in [0.2, 0.25) is 5.91 Å². The molecule has 1 unspecified atom stereocenters. The first-order chi connectivity index (χ1) is 12.6. The molecule has 7 nitrogen and oxygen atoms in total. The fourth-order valence-corrected chi connectivity index (χ4v) is 3.60. The van der Waals surface area contributed by atoms with Crippen LogP contribution in [0.2, 0.25) is 0 Å². The van der Waals surface area contributed by atoms with Crippen molar-refractivity contribution in [1.29, 1.82) is 0 Å². The van der Waals surface area contributed by atoms with Gasteiger partial charge in [-0.15, -0.1) is 0 Å². The second-order valence-corrected chi connectivity index (χ2v) is 6.96. The normalized spacial score (nSPS) is 20.5. The van der Waals surface area contributed by atoms with Gasteiger partial charge < -0.3 is 15.5 Å². The summed E-state index contributed by atoms with van der Waals surface area (Å²) in [6, 6.07) is 6.72. The fraction of sp³-hybridized carbons (Fsp3) is 0.526. The monoisotopic (exact) mass is 358 g/mol. The minimum absolute atomic E-state index is 0.0170. The molecule has 1 atom stereocenters. The van der Waals surface area contributed by atoms with Crippen LogP contribution in [0.3, 0.4) is 0 Å². The molecule has 2 heterocycles.